The molecular weight excluding hydrogens is 188 g/mol. The smallest absolute Gasteiger partial charge is 0.302 e. The van der Waals surface area contributed by atoms with Crippen LogP contribution in [0.15, 0.2) is 0 Å². The van der Waals surface area contributed by atoms with Crippen molar-refractivity contribution in [3.05, 3.63) is 0 Å². The first kappa shape index (κ1) is 11.4. The lowest BCUT2D eigenvalue weighted by Crippen LogP contribution is -2.45. The van der Waals surface area contributed by atoms with Crippen LogP contribution in [0.5, 0.6) is 0 Å². The van der Waals surface area contributed by atoms with Crippen molar-refractivity contribution < 1.29 is 24.5 Å². The predicted molar refractivity (Wildman–Crippen MR) is 47.3 cm³/mol. The van der Waals surface area contributed by atoms with Crippen molar-refractivity contribution in [2.75, 3.05) is 6.61 Å². The monoisotopic (exact) mass is 204 g/mol. The summed E-state index contributed by atoms with van der Waals surface area (Å²) in [6, 6.07) is 0. The molecular formula is C9H16O5. The average molecular weight is 204 g/mol. The van der Waals surface area contributed by atoms with E-state index in [0.717, 1.165) is 0 Å². The molecule has 4 unspecified atom stereocenters. The summed E-state index contributed by atoms with van der Waals surface area (Å²) < 4.78 is 9.90. The summed E-state index contributed by atoms with van der Waals surface area (Å²) in [5, 5.41) is 18.7. The highest BCUT2D eigenvalue weighted by Gasteiger charge is 2.34. The number of ether oxygens (including phenoxy) is 2. The van der Waals surface area contributed by atoms with Gasteiger partial charge in [-0.3, -0.25) is 4.79 Å². The molecule has 5 nitrogen and oxygen atoms in total. The number of aliphatic hydroxyl groups is 2. The number of carbonyl (C=O) groups excluding carboxylic acids is 1. The van der Waals surface area contributed by atoms with E-state index in [1.165, 1.54) is 6.92 Å². The molecule has 0 radical (unpaired) electrons. The van der Waals surface area contributed by atoms with Crippen molar-refractivity contribution in [2.45, 2.75) is 38.8 Å². The summed E-state index contributed by atoms with van der Waals surface area (Å²) in [7, 11) is 0. The summed E-state index contributed by atoms with van der Waals surface area (Å²) in [5.74, 6) is -0.534. The Bertz CT molecular complexity index is 205. The Morgan fingerprint density at radius 3 is 2.79 bits per heavy atom. The number of hydrogen-bond donors (Lipinski definition) is 2. The molecule has 1 aliphatic heterocycles. The fourth-order valence-electron chi connectivity index (χ4n) is 1.44. The van der Waals surface area contributed by atoms with E-state index in [4.69, 9.17) is 9.47 Å². The molecule has 1 aliphatic rings. The molecule has 0 aromatic carbocycles. The first-order valence-corrected chi connectivity index (χ1v) is 4.65. The molecule has 0 bridgehead atoms. The van der Waals surface area contributed by atoms with Gasteiger partial charge >= 0.3 is 5.97 Å². The molecule has 1 saturated heterocycles. The van der Waals surface area contributed by atoms with Gasteiger partial charge in [-0.2, -0.15) is 0 Å². The molecule has 0 aromatic rings. The van der Waals surface area contributed by atoms with E-state index >= 15 is 0 Å². The molecule has 0 aromatic heterocycles. The third-order valence-corrected chi connectivity index (χ3v) is 2.42. The third-order valence-electron chi connectivity index (χ3n) is 2.42. The quantitative estimate of drug-likeness (QED) is 0.601. The van der Waals surface area contributed by atoms with Crippen LogP contribution >= 0.6 is 0 Å². The van der Waals surface area contributed by atoms with E-state index in [1.54, 1.807) is 6.92 Å². The van der Waals surface area contributed by atoms with Gasteiger partial charge in [-0.25, -0.2) is 0 Å². The van der Waals surface area contributed by atoms with Gasteiger partial charge in [-0.1, -0.05) is 6.92 Å². The molecule has 1 fully saturated rings. The van der Waals surface area contributed by atoms with E-state index in [2.05, 4.69) is 0 Å². The van der Waals surface area contributed by atoms with Gasteiger partial charge in [0.25, 0.3) is 0 Å². The van der Waals surface area contributed by atoms with Gasteiger partial charge < -0.3 is 19.7 Å². The first-order chi connectivity index (χ1) is 6.50. The summed E-state index contributed by atoms with van der Waals surface area (Å²) in [5.41, 5.74) is 0. The maximum absolute atomic E-state index is 10.6. The minimum absolute atomic E-state index is 0.0740. The second kappa shape index (κ2) is 4.72. The van der Waals surface area contributed by atoms with Crippen LogP contribution in [0.2, 0.25) is 0 Å². The zero-order valence-electron chi connectivity index (χ0n) is 8.34. The van der Waals surface area contributed by atoms with Gasteiger partial charge in [0, 0.05) is 19.3 Å². The lowest BCUT2D eigenvalue weighted by molar-refractivity contribution is -0.222. The highest BCUT2D eigenvalue weighted by atomic mass is 16.6. The second-order valence-electron chi connectivity index (χ2n) is 3.59. The van der Waals surface area contributed by atoms with Crippen LogP contribution < -0.4 is 0 Å². The van der Waals surface area contributed by atoms with Crippen molar-refractivity contribution in [3.8, 4) is 0 Å². The minimum Gasteiger partial charge on any atom is -0.463 e. The molecule has 82 valence electrons. The summed E-state index contributed by atoms with van der Waals surface area (Å²) in [6.07, 6.45) is -1.81. The number of aliphatic hydroxyl groups excluding tert-OH is 2. The fourth-order valence-corrected chi connectivity index (χ4v) is 1.44. The predicted octanol–water partition coefficient (Wildman–Crippen LogP) is -0.346. The molecule has 0 aliphatic carbocycles. The molecule has 14 heavy (non-hydrogen) atoms. The number of hydrogen-bond acceptors (Lipinski definition) is 5. The van der Waals surface area contributed by atoms with E-state index < -0.39 is 24.5 Å². The van der Waals surface area contributed by atoms with Crippen molar-refractivity contribution >= 4 is 5.97 Å². The van der Waals surface area contributed by atoms with Crippen LogP contribution in [-0.4, -0.2) is 41.3 Å². The zero-order valence-corrected chi connectivity index (χ0v) is 8.34. The van der Waals surface area contributed by atoms with Gasteiger partial charge in [0.05, 0.1) is 12.2 Å². The Kier molecular flexibility index (Phi) is 3.86. The Labute approximate surface area is 82.6 Å². The van der Waals surface area contributed by atoms with Crippen molar-refractivity contribution in [2.24, 2.45) is 5.92 Å². The number of rotatable bonds is 2. The Balaban J connectivity index is 2.45. The molecule has 5 heteroatoms. The number of carbonyl (C=O) groups is 1. The zero-order chi connectivity index (χ0) is 10.7. The van der Waals surface area contributed by atoms with Crippen molar-refractivity contribution in [1.29, 1.82) is 0 Å². The van der Waals surface area contributed by atoms with Gasteiger partial charge in [0.15, 0.2) is 6.29 Å². The lowest BCUT2D eigenvalue weighted by Gasteiger charge is -2.35. The summed E-state index contributed by atoms with van der Waals surface area (Å²) in [4.78, 5) is 10.6. The molecule has 1 heterocycles. The number of esters is 1. The first-order valence-electron chi connectivity index (χ1n) is 4.65. The van der Waals surface area contributed by atoms with Crippen LogP contribution in [-0.2, 0) is 14.3 Å². The van der Waals surface area contributed by atoms with Crippen molar-refractivity contribution in [3.63, 3.8) is 0 Å². The normalized spacial score (nSPS) is 38.0. The van der Waals surface area contributed by atoms with Gasteiger partial charge in [0.2, 0.25) is 0 Å². The highest BCUT2D eigenvalue weighted by molar-refractivity contribution is 5.65. The SMILES string of the molecule is CC(=O)OCC1OC(O)CC(O)C1C. The lowest BCUT2D eigenvalue weighted by atomic mass is 9.93. The molecule has 4 atom stereocenters. The Hall–Kier alpha value is -0.650. The van der Waals surface area contributed by atoms with Crippen LogP contribution in [0.1, 0.15) is 20.3 Å². The Morgan fingerprint density at radius 2 is 2.21 bits per heavy atom. The van der Waals surface area contributed by atoms with Crippen LogP contribution in [0, 0.1) is 5.92 Å². The standard InChI is InChI=1S/C9H16O5/c1-5-7(11)3-9(12)14-8(5)4-13-6(2)10/h5,7-9,11-12H,3-4H2,1-2H3. The van der Waals surface area contributed by atoms with Gasteiger partial charge in [-0.05, 0) is 0 Å². The van der Waals surface area contributed by atoms with Crippen molar-refractivity contribution in [1.82, 2.24) is 0 Å². The topological polar surface area (TPSA) is 76.0 Å². The maximum Gasteiger partial charge on any atom is 0.302 e. The molecule has 0 spiro atoms. The third kappa shape index (κ3) is 2.94. The van der Waals surface area contributed by atoms with Crippen LogP contribution in [0.3, 0.4) is 0 Å². The van der Waals surface area contributed by atoms with E-state index in [1.807, 2.05) is 0 Å². The van der Waals surface area contributed by atoms with Crippen LogP contribution in [0.25, 0.3) is 0 Å². The Morgan fingerprint density at radius 1 is 1.57 bits per heavy atom. The second-order valence-corrected chi connectivity index (χ2v) is 3.59. The molecule has 0 saturated carbocycles. The molecule has 2 N–H and O–H groups in total. The molecule has 1 rings (SSSR count). The summed E-state index contributed by atoms with van der Waals surface area (Å²) >= 11 is 0. The van der Waals surface area contributed by atoms with E-state index in [-0.39, 0.29) is 18.9 Å². The summed E-state index contributed by atoms with van der Waals surface area (Å²) in [6.45, 7) is 3.18. The molecule has 0 amide bonds. The average Bonchev–Trinajstić information content (AvgIpc) is 2.08. The van der Waals surface area contributed by atoms with E-state index in [9.17, 15) is 15.0 Å². The largest absolute Gasteiger partial charge is 0.463 e. The van der Waals surface area contributed by atoms with Gasteiger partial charge in [-0.15, -0.1) is 0 Å². The van der Waals surface area contributed by atoms with E-state index in [0.29, 0.717) is 0 Å². The maximum atomic E-state index is 10.6. The minimum atomic E-state index is -0.971. The van der Waals surface area contributed by atoms with Gasteiger partial charge in [0.1, 0.15) is 6.61 Å². The van der Waals surface area contributed by atoms with Crippen LogP contribution in [0.4, 0.5) is 0 Å². The fraction of sp³-hybridized carbons (Fsp3) is 0.889. The highest BCUT2D eigenvalue weighted by Crippen LogP contribution is 2.24.